The number of nitrogens with zero attached hydrogens (tertiary/aromatic N) is 2. The summed E-state index contributed by atoms with van der Waals surface area (Å²) in [7, 11) is 0. The van der Waals surface area contributed by atoms with Gasteiger partial charge in [-0.3, -0.25) is 9.59 Å². The normalized spacial score (nSPS) is 17.9. The van der Waals surface area contributed by atoms with Crippen LogP contribution in [0.1, 0.15) is 38.7 Å². The summed E-state index contributed by atoms with van der Waals surface area (Å²) in [4.78, 5) is 28.5. The van der Waals surface area contributed by atoms with Gasteiger partial charge in [-0.25, -0.2) is 0 Å². The van der Waals surface area contributed by atoms with Gasteiger partial charge < -0.3 is 9.80 Å². The maximum absolute atomic E-state index is 12.8. The van der Waals surface area contributed by atoms with Gasteiger partial charge in [0, 0.05) is 31.7 Å². The Bertz CT molecular complexity index is 542. The van der Waals surface area contributed by atoms with E-state index >= 15 is 0 Å². The molecule has 1 aliphatic heterocycles. The van der Waals surface area contributed by atoms with Crippen LogP contribution in [0.25, 0.3) is 0 Å². The smallest absolute Gasteiger partial charge is 0.232 e. The molecule has 0 aliphatic carbocycles. The second-order valence-corrected chi connectivity index (χ2v) is 6.02. The van der Waals surface area contributed by atoms with Gasteiger partial charge in [-0.2, -0.15) is 0 Å². The van der Waals surface area contributed by atoms with E-state index in [-0.39, 0.29) is 17.7 Å². The van der Waals surface area contributed by atoms with Gasteiger partial charge in [-0.05, 0) is 38.0 Å². The van der Waals surface area contributed by atoms with Gasteiger partial charge in [0.05, 0.1) is 5.92 Å². The van der Waals surface area contributed by atoms with E-state index in [9.17, 15) is 9.59 Å². The van der Waals surface area contributed by atoms with Crippen LogP contribution in [0.5, 0.6) is 0 Å². The molecule has 2 amide bonds. The largest absolute Gasteiger partial charge is 0.342 e. The molecule has 0 unspecified atom stereocenters. The van der Waals surface area contributed by atoms with Crippen molar-refractivity contribution in [3.63, 3.8) is 0 Å². The molecule has 0 spiro atoms. The summed E-state index contributed by atoms with van der Waals surface area (Å²) >= 11 is 0. The number of rotatable bonds is 6. The molecule has 1 aliphatic rings. The number of hydrogen-bond donors (Lipinski definition) is 0. The van der Waals surface area contributed by atoms with E-state index < -0.39 is 0 Å². The molecule has 0 radical (unpaired) electrons. The Morgan fingerprint density at radius 3 is 2.77 bits per heavy atom. The first-order valence-electron chi connectivity index (χ1n) is 8.22. The molecule has 0 saturated carbocycles. The van der Waals surface area contributed by atoms with Crippen LogP contribution in [0.2, 0.25) is 0 Å². The highest BCUT2D eigenvalue weighted by Crippen LogP contribution is 2.24. The number of benzene rings is 1. The standard InChI is InChI=1S/C18H26N2O2/c1-4-6-10-19-13-15(12-17(19)21)18(22)20(5-2)16-9-7-8-14(3)11-16/h7-9,11,15H,4-6,10,12-13H2,1-3H3/t15-/m1/s1. The highest BCUT2D eigenvalue weighted by Gasteiger charge is 2.36. The Morgan fingerprint density at radius 1 is 1.36 bits per heavy atom. The minimum absolute atomic E-state index is 0.0699. The van der Waals surface area contributed by atoms with Crippen LogP contribution in [0, 0.1) is 12.8 Å². The van der Waals surface area contributed by atoms with Crippen LogP contribution in [0.4, 0.5) is 5.69 Å². The summed E-state index contributed by atoms with van der Waals surface area (Å²) in [5.74, 6) is -0.0163. The van der Waals surface area contributed by atoms with E-state index in [1.165, 1.54) is 0 Å². The Balaban J connectivity index is 2.08. The predicted molar refractivity (Wildman–Crippen MR) is 88.8 cm³/mol. The Morgan fingerprint density at radius 2 is 2.14 bits per heavy atom. The molecule has 0 bridgehead atoms. The van der Waals surface area contributed by atoms with Crippen LogP contribution < -0.4 is 4.90 Å². The second-order valence-electron chi connectivity index (χ2n) is 6.02. The Labute approximate surface area is 133 Å². The van der Waals surface area contributed by atoms with E-state index in [1.54, 1.807) is 4.90 Å². The molecule has 1 saturated heterocycles. The fourth-order valence-corrected chi connectivity index (χ4v) is 2.98. The first-order chi connectivity index (χ1) is 10.6. The predicted octanol–water partition coefficient (Wildman–Crippen LogP) is 3.00. The fourth-order valence-electron chi connectivity index (χ4n) is 2.98. The number of hydrogen-bond acceptors (Lipinski definition) is 2. The van der Waals surface area contributed by atoms with E-state index in [1.807, 2.05) is 43.0 Å². The minimum Gasteiger partial charge on any atom is -0.342 e. The first-order valence-corrected chi connectivity index (χ1v) is 8.22. The number of carbonyl (C=O) groups is 2. The van der Waals surface area contributed by atoms with Crippen molar-refractivity contribution in [1.82, 2.24) is 4.90 Å². The zero-order chi connectivity index (χ0) is 16.1. The van der Waals surface area contributed by atoms with Crippen molar-refractivity contribution >= 4 is 17.5 Å². The quantitative estimate of drug-likeness (QED) is 0.810. The molecule has 1 fully saturated rings. The van der Waals surface area contributed by atoms with Crippen molar-refractivity contribution in [3.8, 4) is 0 Å². The number of likely N-dealkylation sites (tertiary alicyclic amines) is 1. The summed E-state index contributed by atoms with van der Waals surface area (Å²) in [5.41, 5.74) is 2.06. The van der Waals surface area contributed by atoms with Gasteiger partial charge in [0.1, 0.15) is 0 Å². The number of aryl methyl sites for hydroxylation is 1. The molecule has 1 heterocycles. The van der Waals surface area contributed by atoms with Gasteiger partial charge in [0.25, 0.3) is 0 Å². The molecule has 1 atom stereocenters. The molecular weight excluding hydrogens is 276 g/mol. The third-order valence-electron chi connectivity index (χ3n) is 4.24. The SMILES string of the molecule is CCCCN1C[C@H](C(=O)N(CC)c2cccc(C)c2)CC1=O. The lowest BCUT2D eigenvalue weighted by Gasteiger charge is -2.24. The van der Waals surface area contributed by atoms with Crippen LogP contribution in [-0.4, -0.2) is 36.3 Å². The average Bonchev–Trinajstić information content (AvgIpc) is 2.87. The highest BCUT2D eigenvalue weighted by molar-refractivity contribution is 5.99. The molecule has 1 aromatic carbocycles. The van der Waals surface area contributed by atoms with Crippen molar-refractivity contribution in [2.75, 3.05) is 24.5 Å². The maximum atomic E-state index is 12.8. The van der Waals surface area contributed by atoms with Gasteiger partial charge in [-0.15, -0.1) is 0 Å². The average molecular weight is 302 g/mol. The van der Waals surface area contributed by atoms with Crippen molar-refractivity contribution in [1.29, 1.82) is 0 Å². The van der Waals surface area contributed by atoms with Gasteiger partial charge >= 0.3 is 0 Å². The third-order valence-corrected chi connectivity index (χ3v) is 4.24. The lowest BCUT2D eigenvalue weighted by atomic mass is 10.1. The summed E-state index contributed by atoms with van der Waals surface area (Å²) < 4.78 is 0. The molecule has 0 aromatic heterocycles. The molecular formula is C18H26N2O2. The fraction of sp³-hybridized carbons (Fsp3) is 0.556. The van der Waals surface area contributed by atoms with Crippen molar-refractivity contribution in [2.24, 2.45) is 5.92 Å². The van der Waals surface area contributed by atoms with Crippen LogP contribution >= 0.6 is 0 Å². The highest BCUT2D eigenvalue weighted by atomic mass is 16.2. The lowest BCUT2D eigenvalue weighted by molar-refractivity contribution is -0.128. The van der Waals surface area contributed by atoms with Crippen molar-refractivity contribution in [3.05, 3.63) is 29.8 Å². The van der Waals surface area contributed by atoms with Gasteiger partial charge in [0.15, 0.2) is 0 Å². The maximum Gasteiger partial charge on any atom is 0.232 e. The second kappa shape index (κ2) is 7.43. The van der Waals surface area contributed by atoms with Crippen molar-refractivity contribution < 1.29 is 9.59 Å². The van der Waals surface area contributed by atoms with E-state index in [0.717, 1.165) is 30.6 Å². The topological polar surface area (TPSA) is 40.6 Å². The zero-order valence-corrected chi connectivity index (χ0v) is 13.8. The summed E-state index contributed by atoms with van der Waals surface area (Å²) in [6, 6.07) is 7.97. The monoisotopic (exact) mass is 302 g/mol. The molecule has 120 valence electrons. The summed E-state index contributed by atoms with van der Waals surface area (Å²) in [6.07, 6.45) is 2.42. The van der Waals surface area contributed by atoms with Crippen molar-refractivity contribution in [2.45, 2.75) is 40.0 Å². The molecule has 4 nitrogen and oxygen atoms in total. The summed E-state index contributed by atoms with van der Waals surface area (Å²) in [5, 5.41) is 0. The van der Waals surface area contributed by atoms with Crippen LogP contribution in [-0.2, 0) is 9.59 Å². The molecule has 4 heteroatoms. The van der Waals surface area contributed by atoms with Gasteiger partial charge in [-0.1, -0.05) is 25.5 Å². The van der Waals surface area contributed by atoms with E-state index in [4.69, 9.17) is 0 Å². The number of unbranched alkanes of at least 4 members (excludes halogenated alkanes) is 1. The van der Waals surface area contributed by atoms with Gasteiger partial charge in [0.2, 0.25) is 11.8 Å². The molecule has 2 rings (SSSR count). The number of anilines is 1. The number of carbonyl (C=O) groups excluding carboxylic acids is 2. The van der Waals surface area contributed by atoms with E-state index in [2.05, 4.69) is 6.92 Å². The Hall–Kier alpha value is -1.84. The van der Waals surface area contributed by atoms with Crippen LogP contribution in [0.3, 0.4) is 0 Å². The lowest BCUT2D eigenvalue weighted by Crippen LogP contribution is -2.37. The third kappa shape index (κ3) is 3.67. The van der Waals surface area contributed by atoms with Crippen LogP contribution in [0.15, 0.2) is 24.3 Å². The van der Waals surface area contributed by atoms with E-state index in [0.29, 0.717) is 19.5 Å². The molecule has 22 heavy (non-hydrogen) atoms. The Kier molecular flexibility index (Phi) is 5.58. The zero-order valence-electron chi connectivity index (χ0n) is 13.8. The first kappa shape index (κ1) is 16.5. The number of amides is 2. The summed E-state index contributed by atoms with van der Waals surface area (Å²) in [6.45, 7) is 8.08. The molecule has 1 aromatic rings. The minimum atomic E-state index is -0.204. The molecule has 0 N–H and O–H groups in total.